The molecule has 0 aromatic heterocycles. The third-order valence-corrected chi connectivity index (χ3v) is 4.29. The lowest BCUT2D eigenvalue weighted by Crippen LogP contribution is -2.62. The van der Waals surface area contributed by atoms with Gasteiger partial charge in [-0.15, -0.1) is 12.4 Å². The van der Waals surface area contributed by atoms with Crippen LogP contribution in [0.15, 0.2) is 30.3 Å². The van der Waals surface area contributed by atoms with Crippen molar-refractivity contribution in [2.45, 2.75) is 63.8 Å². The minimum atomic E-state index is -2.09. The third kappa shape index (κ3) is 5.19. The number of aliphatic hydroxyl groups is 1. The maximum Gasteiger partial charge on any atom is 0.362 e. The van der Waals surface area contributed by atoms with Gasteiger partial charge in [-0.1, -0.05) is 30.3 Å². The Kier molecular flexibility index (Phi) is 7.62. The number of benzene rings is 1. The highest BCUT2D eigenvalue weighted by Gasteiger charge is 2.55. The van der Waals surface area contributed by atoms with Gasteiger partial charge in [-0.05, 0) is 45.6 Å². The summed E-state index contributed by atoms with van der Waals surface area (Å²) in [6.45, 7) is 5.38. The van der Waals surface area contributed by atoms with E-state index in [9.17, 15) is 14.7 Å². The Bertz CT molecular complexity index is 618. The summed E-state index contributed by atoms with van der Waals surface area (Å²) in [5.41, 5.74) is 4.23. The van der Waals surface area contributed by atoms with Crippen LogP contribution in [-0.4, -0.2) is 45.8 Å². The van der Waals surface area contributed by atoms with Gasteiger partial charge in [0.1, 0.15) is 5.60 Å². The van der Waals surface area contributed by atoms with Gasteiger partial charge in [0.2, 0.25) is 5.91 Å². The zero-order valence-corrected chi connectivity index (χ0v) is 16.4. The molecular formula is C19H29ClN2O4. The number of hydrogen-bond acceptors (Lipinski definition) is 5. The van der Waals surface area contributed by atoms with Crippen LogP contribution >= 0.6 is 12.4 Å². The predicted octanol–water partition coefficient (Wildman–Crippen LogP) is 2.02. The fraction of sp³-hybridized carbons (Fsp3) is 0.579. The topological polar surface area (TPSA) is 92.9 Å². The number of rotatable bonds is 5. The van der Waals surface area contributed by atoms with Crippen molar-refractivity contribution in [1.82, 2.24) is 4.90 Å². The number of esters is 1. The Balaban J connectivity index is 0.00000338. The normalized spacial score (nSPS) is 22.7. The minimum Gasteiger partial charge on any atom is -0.456 e. The standard InChI is InChI=1S/C19H28N2O4.ClH/c1-18(2,3)25-17(23)19(24)15(20)12-13-21(19)16(22)11-7-10-14-8-5-4-6-9-14;/h4-6,8-9,15,24H,7,10-13,20H2,1-3H3;1H/t15?,19-;/m1./s1. The highest BCUT2D eigenvalue weighted by molar-refractivity contribution is 5.88. The SMILES string of the molecule is CC(C)(C)OC(=O)[C@]1(O)C(N)CCN1C(=O)CCCc1ccccc1.Cl. The van der Waals surface area contributed by atoms with Crippen molar-refractivity contribution in [3.63, 3.8) is 0 Å². The van der Waals surface area contributed by atoms with Gasteiger partial charge in [-0.2, -0.15) is 0 Å². The second-order valence-corrected chi connectivity index (χ2v) is 7.51. The van der Waals surface area contributed by atoms with E-state index in [1.54, 1.807) is 20.8 Å². The van der Waals surface area contributed by atoms with E-state index in [0.29, 0.717) is 12.8 Å². The highest BCUT2D eigenvalue weighted by atomic mass is 35.5. The number of aryl methyl sites for hydroxylation is 1. The van der Waals surface area contributed by atoms with Crippen molar-refractivity contribution in [1.29, 1.82) is 0 Å². The summed E-state index contributed by atoms with van der Waals surface area (Å²) in [5, 5.41) is 10.8. The van der Waals surface area contributed by atoms with E-state index in [-0.39, 0.29) is 31.3 Å². The number of carbonyl (C=O) groups excluding carboxylic acids is 2. The molecule has 1 aromatic carbocycles. The number of hydrogen-bond donors (Lipinski definition) is 2. The van der Waals surface area contributed by atoms with Crippen molar-refractivity contribution >= 4 is 24.3 Å². The molecule has 1 aliphatic heterocycles. The van der Waals surface area contributed by atoms with Crippen molar-refractivity contribution in [2.24, 2.45) is 5.73 Å². The van der Waals surface area contributed by atoms with Gasteiger partial charge in [0.25, 0.3) is 5.72 Å². The molecule has 1 amide bonds. The van der Waals surface area contributed by atoms with E-state index in [4.69, 9.17) is 10.5 Å². The number of carbonyl (C=O) groups is 2. The summed E-state index contributed by atoms with van der Waals surface area (Å²) in [7, 11) is 0. The molecule has 1 aliphatic rings. The molecule has 0 bridgehead atoms. The number of nitrogens with zero attached hydrogens (tertiary/aromatic N) is 1. The first-order valence-corrected chi connectivity index (χ1v) is 8.70. The molecular weight excluding hydrogens is 356 g/mol. The Morgan fingerprint density at radius 2 is 1.92 bits per heavy atom. The van der Waals surface area contributed by atoms with E-state index in [0.717, 1.165) is 12.0 Å². The molecule has 146 valence electrons. The minimum absolute atomic E-state index is 0. The van der Waals surface area contributed by atoms with E-state index < -0.39 is 23.3 Å². The van der Waals surface area contributed by atoms with Gasteiger partial charge in [0.05, 0.1) is 6.04 Å². The molecule has 2 atom stereocenters. The second-order valence-electron chi connectivity index (χ2n) is 7.51. The van der Waals surface area contributed by atoms with E-state index in [2.05, 4.69) is 0 Å². The zero-order valence-electron chi connectivity index (χ0n) is 15.6. The maximum absolute atomic E-state index is 12.6. The van der Waals surface area contributed by atoms with Gasteiger partial charge in [0, 0.05) is 13.0 Å². The highest BCUT2D eigenvalue weighted by Crippen LogP contribution is 2.30. The molecule has 0 saturated carbocycles. The number of ether oxygens (including phenoxy) is 1. The zero-order chi connectivity index (χ0) is 18.7. The lowest BCUT2D eigenvalue weighted by molar-refractivity contribution is -0.199. The van der Waals surface area contributed by atoms with Gasteiger partial charge in [-0.3, -0.25) is 4.79 Å². The second kappa shape index (κ2) is 8.84. The van der Waals surface area contributed by atoms with Crippen LogP contribution in [0.5, 0.6) is 0 Å². The summed E-state index contributed by atoms with van der Waals surface area (Å²) >= 11 is 0. The van der Waals surface area contributed by atoms with E-state index in [1.165, 1.54) is 4.90 Å². The summed E-state index contributed by atoms with van der Waals surface area (Å²) in [6, 6.07) is 9.03. The van der Waals surface area contributed by atoms with E-state index >= 15 is 0 Å². The third-order valence-electron chi connectivity index (χ3n) is 4.29. The first kappa shape index (κ1) is 22.4. The fourth-order valence-electron chi connectivity index (χ4n) is 2.99. The predicted molar refractivity (Wildman–Crippen MR) is 102 cm³/mol. The molecule has 3 N–H and O–H groups in total. The summed E-state index contributed by atoms with van der Waals surface area (Å²) in [6.07, 6.45) is 2.00. The molecule has 1 heterocycles. The average Bonchev–Trinajstić information content (AvgIpc) is 2.83. The van der Waals surface area contributed by atoms with Crippen LogP contribution in [0.3, 0.4) is 0 Å². The molecule has 1 aromatic rings. The Hall–Kier alpha value is -1.63. The van der Waals surface area contributed by atoms with Crippen LogP contribution in [0, 0.1) is 0 Å². The van der Waals surface area contributed by atoms with Crippen molar-refractivity contribution in [3.8, 4) is 0 Å². The van der Waals surface area contributed by atoms with E-state index in [1.807, 2.05) is 30.3 Å². The number of halogens is 1. The molecule has 7 heteroatoms. The molecule has 26 heavy (non-hydrogen) atoms. The Morgan fingerprint density at radius 1 is 1.31 bits per heavy atom. The molecule has 0 aliphatic carbocycles. The molecule has 1 saturated heterocycles. The van der Waals surface area contributed by atoms with Crippen LogP contribution in [0.25, 0.3) is 0 Å². The molecule has 0 spiro atoms. The molecule has 6 nitrogen and oxygen atoms in total. The Morgan fingerprint density at radius 3 is 2.50 bits per heavy atom. The maximum atomic E-state index is 12.6. The fourth-order valence-corrected chi connectivity index (χ4v) is 2.99. The van der Waals surface area contributed by atoms with Crippen molar-refractivity contribution in [3.05, 3.63) is 35.9 Å². The number of nitrogens with two attached hydrogens (primary N) is 1. The van der Waals surface area contributed by atoms with Crippen molar-refractivity contribution in [2.75, 3.05) is 6.54 Å². The van der Waals surface area contributed by atoms with Crippen LogP contribution in [0.2, 0.25) is 0 Å². The van der Waals surface area contributed by atoms with Crippen molar-refractivity contribution < 1.29 is 19.4 Å². The smallest absolute Gasteiger partial charge is 0.362 e. The molecule has 1 unspecified atom stereocenters. The first-order chi connectivity index (χ1) is 11.6. The average molecular weight is 385 g/mol. The van der Waals surface area contributed by atoms with Gasteiger partial charge in [-0.25, -0.2) is 4.79 Å². The number of amides is 1. The summed E-state index contributed by atoms with van der Waals surface area (Å²) < 4.78 is 5.29. The van der Waals surface area contributed by atoms with Crippen LogP contribution in [0.1, 0.15) is 45.6 Å². The molecule has 2 rings (SSSR count). The van der Waals surface area contributed by atoms with Gasteiger partial charge < -0.3 is 20.5 Å². The Labute approximate surface area is 161 Å². The monoisotopic (exact) mass is 384 g/mol. The van der Waals surface area contributed by atoms with Gasteiger partial charge >= 0.3 is 5.97 Å². The number of likely N-dealkylation sites (tertiary alicyclic amines) is 1. The molecule has 0 radical (unpaired) electrons. The largest absolute Gasteiger partial charge is 0.456 e. The first-order valence-electron chi connectivity index (χ1n) is 8.70. The lowest BCUT2D eigenvalue weighted by Gasteiger charge is -2.36. The summed E-state index contributed by atoms with van der Waals surface area (Å²) in [4.78, 5) is 26.2. The van der Waals surface area contributed by atoms with Crippen LogP contribution in [-0.2, 0) is 20.7 Å². The van der Waals surface area contributed by atoms with Crippen LogP contribution in [0.4, 0.5) is 0 Å². The summed E-state index contributed by atoms with van der Waals surface area (Å²) in [5.74, 6) is -1.14. The van der Waals surface area contributed by atoms with Crippen LogP contribution < -0.4 is 5.73 Å². The lowest BCUT2D eigenvalue weighted by atomic mass is 10.0. The van der Waals surface area contributed by atoms with Gasteiger partial charge in [0.15, 0.2) is 0 Å². The quantitative estimate of drug-likeness (QED) is 0.757. The molecule has 1 fully saturated rings.